The predicted octanol–water partition coefficient (Wildman–Crippen LogP) is 3.89. The third-order valence-corrected chi connectivity index (χ3v) is 4.54. The summed E-state index contributed by atoms with van der Waals surface area (Å²) in [5, 5.41) is 11.5. The molecule has 0 spiro atoms. The number of aromatic nitrogens is 3. The lowest BCUT2D eigenvalue weighted by Gasteiger charge is -2.11. The summed E-state index contributed by atoms with van der Waals surface area (Å²) in [5.74, 6) is 0.803. The zero-order valence-electron chi connectivity index (χ0n) is 15.7. The molecule has 1 N–H and O–H groups in total. The average molecular weight is 445 g/mol. The van der Waals surface area contributed by atoms with E-state index in [2.05, 4.69) is 31.6 Å². The van der Waals surface area contributed by atoms with Crippen molar-refractivity contribution >= 4 is 27.7 Å². The molecule has 0 unspecified atom stereocenters. The van der Waals surface area contributed by atoms with Crippen molar-refractivity contribution in [3.05, 3.63) is 69.8 Å². The van der Waals surface area contributed by atoms with E-state index in [9.17, 15) is 4.79 Å². The van der Waals surface area contributed by atoms with Gasteiger partial charge < -0.3 is 14.8 Å². The van der Waals surface area contributed by atoms with Crippen LogP contribution in [0.3, 0.4) is 0 Å². The summed E-state index contributed by atoms with van der Waals surface area (Å²) in [6, 6.07) is 15.6. The van der Waals surface area contributed by atoms with E-state index < -0.39 is 5.97 Å². The van der Waals surface area contributed by atoms with E-state index in [0.717, 1.165) is 21.3 Å². The second kappa shape index (κ2) is 9.36. The number of ether oxygens (including phenoxy) is 2. The number of hydrogen-bond donors (Lipinski definition) is 1. The van der Waals surface area contributed by atoms with E-state index in [1.165, 1.54) is 0 Å². The average Bonchev–Trinajstić information content (AvgIpc) is 3.10. The SMILES string of the molecule is CCOC(=O)c1nnn(Cc2ccc(OC)cc2)c1NCc1cccc(Br)c1. The summed E-state index contributed by atoms with van der Waals surface area (Å²) in [4.78, 5) is 12.3. The Hall–Kier alpha value is -2.87. The van der Waals surface area contributed by atoms with Crippen LogP contribution >= 0.6 is 15.9 Å². The van der Waals surface area contributed by atoms with Gasteiger partial charge in [0, 0.05) is 11.0 Å². The lowest BCUT2D eigenvalue weighted by molar-refractivity contribution is 0.0520. The molecule has 1 aromatic heterocycles. The van der Waals surface area contributed by atoms with Gasteiger partial charge in [-0.2, -0.15) is 0 Å². The van der Waals surface area contributed by atoms with Gasteiger partial charge in [-0.25, -0.2) is 9.48 Å². The summed E-state index contributed by atoms with van der Waals surface area (Å²) in [7, 11) is 1.63. The van der Waals surface area contributed by atoms with E-state index in [0.29, 0.717) is 18.9 Å². The zero-order chi connectivity index (χ0) is 19.9. The molecular weight excluding hydrogens is 424 g/mol. The van der Waals surface area contributed by atoms with Crippen LogP contribution in [0.4, 0.5) is 5.82 Å². The Bertz CT molecular complexity index is 941. The van der Waals surface area contributed by atoms with Crippen LogP contribution in [0.5, 0.6) is 5.75 Å². The highest BCUT2D eigenvalue weighted by atomic mass is 79.9. The van der Waals surface area contributed by atoms with Gasteiger partial charge in [-0.3, -0.25) is 0 Å². The monoisotopic (exact) mass is 444 g/mol. The van der Waals surface area contributed by atoms with Crippen molar-refractivity contribution in [2.75, 3.05) is 19.0 Å². The molecule has 0 amide bonds. The van der Waals surface area contributed by atoms with Gasteiger partial charge in [0.05, 0.1) is 20.3 Å². The van der Waals surface area contributed by atoms with Crippen molar-refractivity contribution in [3.63, 3.8) is 0 Å². The van der Waals surface area contributed by atoms with Gasteiger partial charge in [0.15, 0.2) is 5.82 Å². The molecule has 0 saturated heterocycles. The first-order valence-electron chi connectivity index (χ1n) is 8.82. The molecule has 0 fully saturated rings. The van der Waals surface area contributed by atoms with E-state index in [1.54, 1.807) is 18.7 Å². The number of benzene rings is 2. The number of halogens is 1. The molecule has 2 aromatic carbocycles. The fourth-order valence-corrected chi connectivity index (χ4v) is 3.12. The van der Waals surface area contributed by atoms with Crippen molar-refractivity contribution in [2.24, 2.45) is 0 Å². The second-order valence-corrected chi connectivity index (χ2v) is 6.91. The van der Waals surface area contributed by atoms with Gasteiger partial charge in [-0.05, 0) is 42.3 Å². The Morgan fingerprint density at radius 1 is 1.18 bits per heavy atom. The Labute approximate surface area is 171 Å². The van der Waals surface area contributed by atoms with Crippen molar-refractivity contribution in [3.8, 4) is 5.75 Å². The highest BCUT2D eigenvalue weighted by Gasteiger charge is 2.21. The molecule has 0 bridgehead atoms. The largest absolute Gasteiger partial charge is 0.497 e. The van der Waals surface area contributed by atoms with Crippen LogP contribution in [0.15, 0.2) is 53.0 Å². The van der Waals surface area contributed by atoms with Crippen LogP contribution in [0.2, 0.25) is 0 Å². The van der Waals surface area contributed by atoms with Crippen LogP contribution in [-0.4, -0.2) is 34.7 Å². The molecule has 1 heterocycles. The fourth-order valence-electron chi connectivity index (χ4n) is 2.67. The van der Waals surface area contributed by atoms with Gasteiger partial charge in [-0.15, -0.1) is 5.10 Å². The molecule has 0 aliphatic rings. The quantitative estimate of drug-likeness (QED) is 0.531. The van der Waals surface area contributed by atoms with E-state index in [4.69, 9.17) is 9.47 Å². The minimum Gasteiger partial charge on any atom is -0.497 e. The summed E-state index contributed by atoms with van der Waals surface area (Å²) in [6.07, 6.45) is 0. The van der Waals surface area contributed by atoms with Gasteiger partial charge >= 0.3 is 5.97 Å². The van der Waals surface area contributed by atoms with Crippen LogP contribution in [0.1, 0.15) is 28.5 Å². The summed E-state index contributed by atoms with van der Waals surface area (Å²) < 4.78 is 13.0. The molecule has 0 saturated carbocycles. The predicted molar refractivity (Wildman–Crippen MR) is 110 cm³/mol. The first-order chi connectivity index (χ1) is 13.6. The van der Waals surface area contributed by atoms with Crippen LogP contribution in [-0.2, 0) is 17.8 Å². The number of carbonyl (C=O) groups is 1. The topological polar surface area (TPSA) is 78.3 Å². The highest BCUT2D eigenvalue weighted by Crippen LogP contribution is 2.19. The molecule has 3 rings (SSSR count). The first kappa shape index (κ1) is 19.9. The third-order valence-electron chi connectivity index (χ3n) is 4.04. The van der Waals surface area contributed by atoms with Gasteiger partial charge in [0.25, 0.3) is 0 Å². The number of esters is 1. The van der Waals surface area contributed by atoms with E-state index >= 15 is 0 Å². The smallest absolute Gasteiger partial charge is 0.362 e. The first-order valence-corrected chi connectivity index (χ1v) is 9.62. The zero-order valence-corrected chi connectivity index (χ0v) is 17.3. The van der Waals surface area contributed by atoms with Crippen LogP contribution in [0.25, 0.3) is 0 Å². The maximum Gasteiger partial charge on any atom is 0.362 e. The van der Waals surface area contributed by atoms with Crippen LogP contribution in [0, 0.1) is 0 Å². The maximum atomic E-state index is 12.3. The van der Waals surface area contributed by atoms with E-state index in [-0.39, 0.29) is 12.3 Å². The Balaban J connectivity index is 1.84. The molecule has 0 atom stereocenters. The molecule has 0 aliphatic carbocycles. The highest BCUT2D eigenvalue weighted by molar-refractivity contribution is 9.10. The normalized spacial score (nSPS) is 10.5. The van der Waals surface area contributed by atoms with Crippen molar-refractivity contribution < 1.29 is 14.3 Å². The molecular formula is C20H21BrN4O3. The minimum atomic E-state index is -0.500. The lowest BCUT2D eigenvalue weighted by Crippen LogP contribution is -2.13. The number of hydrogen-bond acceptors (Lipinski definition) is 6. The minimum absolute atomic E-state index is 0.172. The van der Waals surface area contributed by atoms with Crippen molar-refractivity contribution in [1.29, 1.82) is 0 Å². The second-order valence-electron chi connectivity index (χ2n) is 6.00. The van der Waals surface area contributed by atoms with E-state index in [1.807, 2.05) is 48.5 Å². The van der Waals surface area contributed by atoms with Crippen molar-refractivity contribution in [2.45, 2.75) is 20.0 Å². The molecule has 7 nitrogen and oxygen atoms in total. The number of rotatable bonds is 8. The van der Waals surface area contributed by atoms with Gasteiger partial charge in [0.2, 0.25) is 5.69 Å². The molecule has 146 valence electrons. The Kier molecular flexibility index (Phi) is 6.65. The number of carbonyl (C=O) groups excluding carboxylic acids is 1. The lowest BCUT2D eigenvalue weighted by atomic mass is 10.2. The maximum absolute atomic E-state index is 12.3. The van der Waals surface area contributed by atoms with Gasteiger partial charge in [-0.1, -0.05) is 45.4 Å². The van der Waals surface area contributed by atoms with Gasteiger partial charge in [0.1, 0.15) is 5.75 Å². The summed E-state index contributed by atoms with van der Waals surface area (Å²) in [5.41, 5.74) is 2.23. The number of nitrogens with one attached hydrogen (secondary N) is 1. The van der Waals surface area contributed by atoms with Crippen molar-refractivity contribution in [1.82, 2.24) is 15.0 Å². The third kappa shape index (κ3) is 4.89. The molecule has 8 heteroatoms. The summed E-state index contributed by atoms with van der Waals surface area (Å²) >= 11 is 3.47. The molecule has 3 aromatic rings. The number of methoxy groups -OCH3 is 1. The molecule has 28 heavy (non-hydrogen) atoms. The number of anilines is 1. The summed E-state index contributed by atoms with van der Waals surface area (Å²) in [6.45, 7) is 3.00. The van der Waals surface area contributed by atoms with Crippen LogP contribution < -0.4 is 10.1 Å². The standard InChI is InChI=1S/C20H21BrN4O3/c1-3-28-20(26)18-19(22-12-15-5-4-6-16(21)11-15)25(24-23-18)13-14-7-9-17(27-2)10-8-14/h4-11,22H,3,12-13H2,1-2H3. The molecule has 0 aliphatic heterocycles. The molecule has 0 radical (unpaired) electrons. The fraction of sp³-hybridized carbons (Fsp3) is 0.250. The Morgan fingerprint density at radius 2 is 1.96 bits per heavy atom. The number of nitrogens with zero attached hydrogens (tertiary/aromatic N) is 3. The Morgan fingerprint density at radius 3 is 2.64 bits per heavy atom.